The lowest BCUT2D eigenvalue weighted by Gasteiger charge is -2.09. The normalized spacial score (nSPS) is 10.4. The van der Waals surface area contributed by atoms with E-state index in [2.05, 4.69) is 25.6 Å². The third-order valence-corrected chi connectivity index (χ3v) is 4.01. The molecule has 2 aromatic heterocycles. The maximum Gasteiger partial charge on any atom is 0.270 e. The van der Waals surface area contributed by atoms with Crippen LogP contribution in [0.1, 0.15) is 27.6 Å². The number of carbonyl (C=O) groups is 1. The zero-order chi connectivity index (χ0) is 18.4. The molecule has 0 unspecified atom stereocenters. The summed E-state index contributed by atoms with van der Waals surface area (Å²) in [6, 6.07) is 14.7. The summed E-state index contributed by atoms with van der Waals surface area (Å²) >= 11 is 6.11. The number of hydrogen-bond acceptors (Lipinski definition) is 5. The van der Waals surface area contributed by atoms with Crippen molar-refractivity contribution in [3.8, 4) is 0 Å². The van der Waals surface area contributed by atoms with Crippen LogP contribution >= 0.6 is 11.6 Å². The number of halogens is 1. The van der Waals surface area contributed by atoms with Gasteiger partial charge in [-0.1, -0.05) is 35.9 Å². The fourth-order valence-corrected chi connectivity index (χ4v) is 2.57. The number of pyridine rings is 1. The molecule has 0 aliphatic carbocycles. The van der Waals surface area contributed by atoms with E-state index in [0.29, 0.717) is 35.4 Å². The second kappa shape index (κ2) is 8.40. The molecular weight excluding hydrogens is 350 g/mol. The minimum absolute atomic E-state index is 0.281. The first-order valence-electron chi connectivity index (χ1n) is 8.13. The molecule has 2 N–H and O–H groups in total. The second-order valence-electron chi connectivity index (χ2n) is 5.63. The third-order valence-electron chi connectivity index (χ3n) is 3.64. The predicted molar refractivity (Wildman–Crippen MR) is 101 cm³/mol. The van der Waals surface area contributed by atoms with Gasteiger partial charge in [0.05, 0.1) is 12.2 Å². The van der Waals surface area contributed by atoms with Crippen molar-refractivity contribution < 1.29 is 4.79 Å². The first-order chi connectivity index (χ1) is 12.6. The van der Waals surface area contributed by atoms with Crippen LogP contribution in [0.5, 0.6) is 0 Å². The van der Waals surface area contributed by atoms with Gasteiger partial charge in [0.1, 0.15) is 17.3 Å². The lowest BCUT2D eigenvalue weighted by molar-refractivity contribution is 0.0945. The van der Waals surface area contributed by atoms with E-state index in [1.165, 1.54) is 0 Å². The molecule has 6 nitrogen and oxygen atoms in total. The van der Waals surface area contributed by atoms with Crippen LogP contribution in [0.4, 0.5) is 5.82 Å². The Morgan fingerprint density at radius 3 is 2.65 bits per heavy atom. The summed E-state index contributed by atoms with van der Waals surface area (Å²) in [7, 11) is 0. The first-order valence-corrected chi connectivity index (χ1v) is 8.50. The number of carbonyl (C=O) groups excluding carboxylic acids is 1. The van der Waals surface area contributed by atoms with Crippen molar-refractivity contribution in [2.75, 3.05) is 5.32 Å². The maximum atomic E-state index is 12.4. The molecule has 3 aromatic rings. The van der Waals surface area contributed by atoms with Gasteiger partial charge in [0, 0.05) is 23.8 Å². The van der Waals surface area contributed by atoms with Gasteiger partial charge in [0.15, 0.2) is 0 Å². The number of rotatable bonds is 6. The molecule has 1 amide bonds. The fraction of sp³-hybridized carbons (Fsp3) is 0.158. The maximum absolute atomic E-state index is 12.4. The molecule has 0 spiro atoms. The quantitative estimate of drug-likeness (QED) is 0.698. The van der Waals surface area contributed by atoms with Gasteiger partial charge < -0.3 is 10.6 Å². The van der Waals surface area contributed by atoms with Gasteiger partial charge in [-0.3, -0.25) is 9.78 Å². The van der Waals surface area contributed by atoms with E-state index in [9.17, 15) is 4.79 Å². The number of nitrogens with one attached hydrogen (secondary N) is 2. The molecule has 2 heterocycles. The van der Waals surface area contributed by atoms with E-state index < -0.39 is 0 Å². The van der Waals surface area contributed by atoms with Crippen LogP contribution in [0.25, 0.3) is 0 Å². The minimum Gasteiger partial charge on any atom is -0.364 e. The van der Waals surface area contributed by atoms with Gasteiger partial charge in [0.25, 0.3) is 5.91 Å². The summed E-state index contributed by atoms with van der Waals surface area (Å²) in [6.07, 6.45) is 1.73. The predicted octanol–water partition coefficient (Wildman–Crippen LogP) is 3.38. The number of aryl methyl sites for hydroxylation is 1. The number of anilines is 1. The summed E-state index contributed by atoms with van der Waals surface area (Å²) in [5.41, 5.74) is 2.03. The van der Waals surface area contributed by atoms with Crippen LogP contribution in [-0.4, -0.2) is 20.9 Å². The topological polar surface area (TPSA) is 79.8 Å². The van der Waals surface area contributed by atoms with Crippen LogP contribution in [0.2, 0.25) is 5.02 Å². The average Bonchev–Trinajstić information content (AvgIpc) is 2.66. The molecule has 132 valence electrons. The van der Waals surface area contributed by atoms with Gasteiger partial charge >= 0.3 is 0 Å². The van der Waals surface area contributed by atoms with Crippen LogP contribution in [0, 0.1) is 6.92 Å². The molecule has 0 atom stereocenters. The molecule has 0 radical (unpaired) electrons. The molecule has 0 aliphatic rings. The van der Waals surface area contributed by atoms with Gasteiger partial charge in [-0.05, 0) is 30.7 Å². The zero-order valence-electron chi connectivity index (χ0n) is 14.2. The summed E-state index contributed by atoms with van der Waals surface area (Å²) in [5.74, 6) is 0.807. The molecule has 3 rings (SSSR count). The Bertz CT molecular complexity index is 901. The van der Waals surface area contributed by atoms with E-state index in [4.69, 9.17) is 11.6 Å². The highest BCUT2D eigenvalue weighted by atomic mass is 35.5. The van der Waals surface area contributed by atoms with Crippen LogP contribution in [0.3, 0.4) is 0 Å². The number of hydrogen-bond donors (Lipinski definition) is 2. The molecular formula is C19H18ClN5O. The smallest absolute Gasteiger partial charge is 0.270 e. The Hall–Kier alpha value is -2.99. The van der Waals surface area contributed by atoms with Crippen molar-refractivity contribution in [2.45, 2.75) is 20.0 Å². The lowest BCUT2D eigenvalue weighted by atomic mass is 10.2. The first kappa shape index (κ1) is 17.8. The third kappa shape index (κ3) is 4.77. The van der Waals surface area contributed by atoms with E-state index in [-0.39, 0.29) is 5.91 Å². The molecule has 26 heavy (non-hydrogen) atoms. The van der Waals surface area contributed by atoms with Gasteiger partial charge in [-0.15, -0.1) is 0 Å². The SMILES string of the molecule is Cc1nc(NCc2ccccn2)cc(C(=O)NCc2ccccc2Cl)n1. The molecule has 0 bridgehead atoms. The number of aromatic nitrogens is 3. The van der Waals surface area contributed by atoms with E-state index in [0.717, 1.165) is 11.3 Å². The Kier molecular flexibility index (Phi) is 5.76. The summed E-state index contributed by atoms with van der Waals surface area (Å²) < 4.78 is 0. The Labute approximate surface area is 156 Å². The van der Waals surface area contributed by atoms with Crippen molar-refractivity contribution in [2.24, 2.45) is 0 Å². The molecule has 0 aliphatic heterocycles. The fourth-order valence-electron chi connectivity index (χ4n) is 2.37. The average molecular weight is 368 g/mol. The number of nitrogens with zero attached hydrogens (tertiary/aromatic N) is 3. The molecule has 0 fully saturated rings. The van der Waals surface area contributed by atoms with Gasteiger partial charge in [-0.2, -0.15) is 0 Å². The molecule has 1 aromatic carbocycles. The second-order valence-corrected chi connectivity index (χ2v) is 6.04. The van der Waals surface area contributed by atoms with Gasteiger partial charge in [0.2, 0.25) is 0 Å². The standard InChI is InChI=1S/C19H18ClN5O/c1-13-24-17(19(26)23-11-14-6-2-3-8-16(14)20)10-18(25-13)22-12-15-7-4-5-9-21-15/h2-10H,11-12H2,1H3,(H,23,26)(H,22,24,25). The molecule has 0 saturated carbocycles. The molecule has 7 heteroatoms. The summed E-state index contributed by atoms with van der Waals surface area (Å²) in [5, 5.41) is 6.61. The highest BCUT2D eigenvalue weighted by Crippen LogP contribution is 2.15. The Morgan fingerprint density at radius 2 is 1.88 bits per heavy atom. The highest BCUT2D eigenvalue weighted by Gasteiger charge is 2.11. The number of benzene rings is 1. The van der Waals surface area contributed by atoms with Crippen LogP contribution in [0.15, 0.2) is 54.7 Å². The minimum atomic E-state index is -0.281. The van der Waals surface area contributed by atoms with Crippen LogP contribution in [-0.2, 0) is 13.1 Å². The van der Waals surface area contributed by atoms with E-state index >= 15 is 0 Å². The van der Waals surface area contributed by atoms with Crippen molar-refractivity contribution in [3.05, 3.63) is 82.5 Å². The summed E-state index contributed by atoms with van der Waals surface area (Å²) in [6.45, 7) is 2.59. The lowest BCUT2D eigenvalue weighted by Crippen LogP contribution is -2.24. The monoisotopic (exact) mass is 367 g/mol. The summed E-state index contributed by atoms with van der Waals surface area (Å²) in [4.78, 5) is 25.2. The van der Waals surface area contributed by atoms with E-state index in [1.807, 2.05) is 36.4 Å². The Balaban J connectivity index is 1.66. The largest absolute Gasteiger partial charge is 0.364 e. The van der Waals surface area contributed by atoms with Crippen molar-refractivity contribution in [3.63, 3.8) is 0 Å². The highest BCUT2D eigenvalue weighted by molar-refractivity contribution is 6.31. The molecule has 0 saturated heterocycles. The van der Waals surface area contributed by atoms with Gasteiger partial charge in [-0.25, -0.2) is 9.97 Å². The van der Waals surface area contributed by atoms with Crippen molar-refractivity contribution >= 4 is 23.3 Å². The van der Waals surface area contributed by atoms with E-state index in [1.54, 1.807) is 25.3 Å². The van der Waals surface area contributed by atoms with Crippen molar-refractivity contribution in [1.29, 1.82) is 0 Å². The number of amides is 1. The van der Waals surface area contributed by atoms with Crippen molar-refractivity contribution in [1.82, 2.24) is 20.3 Å². The van der Waals surface area contributed by atoms with Crippen LogP contribution < -0.4 is 10.6 Å². The Morgan fingerprint density at radius 1 is 1.08 bits per heavy atom. The zero-order valence-corrected chi connectivity index (χ0v) is 15.0.